The molecule has 0 unspecified atom stereocenters. The fraction of sp³-hybridized carbons (Fsp3) is 0.348. The molecule has 1 aromatic heterocycles. The van der Waals surface area contributed by atoms with Crippen molar-refractivity contribution in [1.29, 1.82) is 0 Å². The Labute approximate surface area is 170 Å². The van der Waals surface area contributed by atoms with E-state index in [2.05, 4.69) is 26.7 Å². The minimum Gasteiger partial charge on any atom is -0.329 e. The number of likely N-dealkylation sites (tertiary alicyclic amines) is 1. The monoisotopic (exact) mass is 387 g/mol. The van der Waals surface area contributed by atoms with E-state index >= 15 is 0 Å². The van der Waals surface area contributed by atoms with E-state index in [9.17, 15) is 4.79 Å². The zero-order chi connectivity index (χ0) is 19.8. The predicted octanol–water partition coefficient (Wildman–Crippen LogP) is 3.37. The van der Waals surface area contributed by atoms with Crippen LogP contribution in [-0.4, -0.2) is 50.6 Å². The molecular formula is C23H25N5O. The largest absolute Gasteiger partial charge is 0.329 e. The van der Waals surface area contributed by atoms with E-state index in [4.69, 9.17) is 0 Å². The molecule has 0 bridgehead atoms. The summed E-state index contributed by atoms with van der Waals surface area (Å²) in [6.07, 6.45) is 2.33. The SMILES string of the molecule is CN1CCC[C@H]1c1nnc2n1CCN(C(=O)c1ccccc1-c1ccccc1)C2. The molecule has 1 saturated heterocycles. The molecule has 148 valence electrons. The maximum Gasteiger partial charge on any atom is 0.254 e. The molecule has 0 N–H and O–H groups in total. The van der Waals surface area contributed by atoms with Crippen LogP contribution >= 0.6 is 0 Å². The number of benzene rings is 2. The second kappa shape index (κ2) is 7.44. The second-order valence-corrected chi connectivity index (χ2v) is 7.90. The van der Waals surface area contributed by atoms with Crippen molar-refractivity contribution in [2.24, 2.45) is 0 Å². The lowest BCUT2D eigenvalue weighted by molar-refractivity contribution is 0.0706. The van der Waals surface area contributed by atoms with Crippen molar-refractivity contribution in [2.45, 2.75) is 32.0 Å². The Morgan fingerprint density at radius 2 is 1.76 bits per heavy atom. The first-order valence-electron chi connectivity index (χ1n) is 10.3. The summed E-state index contributed by atoms with van der Waals surface area (Å²) in [5.74, 6) is 1.99. The molecule has 0 saturated carbocycles. The maximum absolute atomic E-state index is 13.4. The van der Waals surface area contributed by atoms with Crippen molar-refractivity contribution in [1.82, 2.24) is 24.6 Å². The number of carbonyl (C=O) groups is 1. The number of rotatable bonds is 3. The Morgan fingerprint density at radius 1 is 0.966 bits per heavy atom. The van der Waals surface area contributed by atoms with E-state index in [1.165, 1.54) is 6.42 Å². The average molecular weight is 387 g/mol. The highest BCUT2D eigenvalue weighted by Crippen LogP contribution is 2.31. The van der Waals surface area contributed by atoms with Crippen LogP contribution in [0.1, 0.15) is 40.9 Å². The van der Waals surface area contributed by atoms with Crippen LogP contribution in [0.5, 0.6) is 0 Å². The van der Waals surface area contributed by atoms with E-state index in [0.29, 0.717) is 19.1 Å². The molecule has 0 spiro atoms. The molecular weight excluding hydrogens is 362 g/mol. The highest BCUT2D eigenvalue weighted by Gasteiger charge is 2.32. The standard InChI is InChI=1S/C23H25N5O/c1-26-13-7-12-20(26)22-25-24-21-16-27(14-15-28(21)22)23(29)19-11-6-5-10-18(19)17-8-3-2-4-9-17/h2-6,8-11,20H,7,12-16H2,1H3/t20-/m0/s1. The van der Waals surface area contributed by atoms with Gasteiger partial charge in [0.2, 0.25) is 0 Å². The Balaban J connectivity index is 1.41. The summed E-state index contributed by atoms with van der Waals surface area (Å²) in [5.41, 5.74) is 2.77. The van der Waals surface area contributed by atoms with Crippen molar-refractivity contribution in [2.75, 3.05) is 20.1 Å². The summed E-state index contributed by atoms with van der Waals surface area (Å²) in [7, 11) is 2.15. The zero-order valence-corrected chi connectivity index (χ0v) is 16.7. The Hall–Kier alpha value is -2.99. The van der Waals surface area contributed by atoms with E-state index in [1.54, 1.807) is 0 Å². The Kier molecular flexibility index (Phi) is 4.64. The number of aromatic nitrogens is 3. The first kappa shape index (κ1) is 18.1. The van der Waals surface area contributed by atoms with E-state index < -0.39 is 0 Å². The topological polar surface area (TPSA) is 54.3 Å². The lowest BCUT2D eigenvalue weighted by Gasteiger charge is -2.30. The molecule has 6 heteroatoms. The summed E-state index contributed by atoms with van der Waals surface area (Å²) in [4.78, 5) is 17.6. The van der Waals surface area contributed by atoms with Crippen LogP contribution in [0.4, 0.5) is 0 Å². The van der Waals surface area contributed by atoms with E-state index in [1.807, 2.05) is 59.5 Å². The highest BCUT2D eigenvalue weighted by molar-refractivity contribution is 6.00. The van der Waals surface area contributed by atoms with E-state index in [-0.39, 0.29) is 5.91 Å². The molecule has 1 amide bonds. The first-order chi connectivity index (χ1) is 14.2. The minimum absolute atomic E-state index is 0.0539. The molecule has 2 aromatic carbocycles. The van der Waals surface area contributed by atoms with Gasteiger partial charge in [0, 0.05) is 18.7 Å². The Bertz CT molecular complexity index is 1030. The molecule has 6 nitrogen and oxygen atoms in total. The van der Waals surface area contributed by atoms with E-state index in [0.717, 1.165) is 47.8 Å². The van der Waals surface area contributed by atoms with Gasteiger partial charge in [0.15, 0.2) is 11.6 Å². The van der Waals surface area contributed by atoms with Gasteiger partial charge >= 0.3 is 0 Å². The quantitative estimate of drug-likeness (QED) is 0.691. The van der Waals surface area contributed by atoms with Crippen LogP contribution in [-0.2, 0) is 13.1 Å². The van der Waals surface area contributed by atoms with Gasteiger partial charge in [0.1, 0.15) is 0 Å². The van der Waals surface area contributed by atoms with Crippen LogP contribution < -0.4 is 0 Å². The molecule has 2 aliphatic rings. The van der Waals surface area contributed by atoms with Crippen molar-refractivity contribution < 1.29 is 4.79 Å². The third kappa shape index (κ3) is 3.23. The summed E-state index contributed by atoms with van der Waals surface area (Å²) < 4.78 is 2.22. The molecule has 1 fully saturated rings. The maximum atomic E-state index is 13.4. The van der Waals surface area contributed by atoms with Gasteiger partial charge in [0.05, 0.1) is 12.6 Å². The summed E-state index contributed by atoms with van der Waals surface area (Å²) in [6, 6.07) is 18.3. The number of hydrogen-bond donors (Lipinski definition) is 0. The van der Waals surface area contributed by atoms with Gasteiger partial charge in [-0.15, -0.1) is 10.2 Å². The number of hydrogen-bond acceptors (Lipinski definition) is 4. The fourth-order valence-corrected chi connectivity index (χ4v) is 4.55. The normalized spacial score (nSPS) is 19.3. The van der Waals surface area contributed by atoms with Gasteiger partial charge in [0.25, 0.3) is 5.91 Å². The summed E-state index contributed by atoms with van der Waals surface area (Å²) in [6.45, 7) is 3.04. The third-order valence-corrected chi connectivity index (χ3v) is 6.13. The van der Waals surface area contributed by atoms with Crippen LogP contribution in [0.3, 0.4) is 0 Å². The van der Waals surface area contributed by atoms with Crippen LogP contribution in [0, 0.1) is 0 Å². The van der Waals surface area contributed by atoms with Crippen molar-refractivity contribution in [3.63, 3.8) is 0 Å². The van der Waals surface area contributed by atoms with Gasteiger partial charge in [-0.05, 0) is 43.6 Å². The summed E-state index contributed by atoms with van der Waals surface area (Å²) in [5, 5.41) is 8.93. The van der Waals surface area contributed by atoms with Gasteiger partial charge < -0.3 is 9.47 Å². The van der Waals surface area contributed by atoms with Crippen LogP contribution in [0.2, 0.25) is 0 Å². The van der Waals surface area contributed by atoms with Crippen molar-refractivity contribution in [3.05, 3.63) is 71.8 Å². The average Bonchev–Trinajstić information content (AvgIpc) is 3.39. The number of amides is 1. The summed E-state index contributed by atoms with van der Waals surface area (Å²) >= 11 is 0. The lowest BCUT2D eigenvalue weighted by atomic mass is 9.98. The van der Waals surface area contributed by atoms with Crippen molar-refractivity contribution >= 4 is 5.91 Å². The third-order valence-electron chi connectivity index (χ3n) is 6.13. The number of carbonyl (C=O) groups excluding carboxylic acids is 1. The molecule has 2 aliphatic heterocycles. The number of fused-ring (bicyclic) bond motifs is 1. The number of nitrogens with zero attached hydrogens (tertiary/aromatic N) is 5. The van der Waals surface area contributed by atoms with Gasteiger partial charge in [-0.3, -0.25) is 9.69 Å². The fourth-order valence-electron chi connectivity index (χ4n) is 4.55. The predicted molar refractivity (Wildman–Crippen MR) is 111 cm³/mol. The zero-order valence-electron chi connectivity index (χ0n) is 16.7. The molecule has 1 atom stereocenters. The van der Waals surface area contributed by atoms with Crippen molar-refractivity contribution in [3.8, 4) is 11.1 Å². The lowest BCUT2D eigenvalue weighted by Crippen LogP contribution is -2.39. The van der Waals surface area contributed by atoms with Crippen LogP contribution in [0.15, 0.2) is 54.6 Å². The van der Waals surface area contributed by atoms with Gasteiger partial charge in [-0.1, -0.05) is 48.5 Å². The van der Waals surface area contributed by atoms with Crippen LogP contribution in [0.25, 0.3) is 11.1 Å². The molecule has 0 aliphatic carbocycles. The minimum atomic E-state index is 0.0539. The first-order valence-corrected chi connectivity index (χ1v) is 10.3. The molecule has 3 heterocycles. The van der Waals surface area contributed by atoms with Gasteiger partial charge in [-0.2, -0.15) is 0 Å². The molecule has 0 radical (unpaired) electrons. The molecule has 29 heavy (non-hydrogen) atoms. The molecule has 5 rings (SSSR count). The smallest absolute Gasteiger partial charge is 0.254 e. The molecule has 3 aromatic rings. The Morgan fingerprint density at radius 3 is 2.55 bits per heavy atom. The second-order valence-electron chi connectivity index (χ2n) is 7.90. The van der Waals surface area contributed by atoms with Gasteiger partial charge in [-0.25, -0.2) is 0 Å². The highest BCUT2D eigenvalue weighted by atomic mass is 16.2.